The van der Waals surface area contributed by atoms with Crippen LogP contribution in [-0.2, 0) is 6.54 Å². The molecule has 5 N–H and O–H groups in total. The minimum atomic E-state index is 0.334. The predicted octanol–water partition coefficient (Wildman–Crippen LogP) is -0.916. The second-order valence-electron chi connectivity index (χ2n) is 3.51. The molecule has 0 saturated heterocycles. The van der Waals surface area contributed by atoms with E-state index < -0.39 is 0 Å². The number of rotatable bonds is 3. The quantitative estimate of drug-likeness (QED) is 0.613. The average molecular weight is 221 g/mol. The molecule has 0 bridgehead atoms. The third-order valence-corrected chi connectivity index (χ3v) is 2.37. The molecule has 0 aromatic carbocycles. The SMILES string of the molecule is Cc1nccn1CCN1N=C(N)C(N)=CN1. The number of hydrazine groups is 1. The van der Waals surface area contributed by atoms with Gasteiger partial charge in [0.15, 0.2) is 5.84 Å². The van der Waals surface area contributed by atoms with Gasteiger partial charge < -0.3 is 16.0 Å². The number of nitrogens with one attached hydrogen (secondary N) is 1. The normalized spacial score (nSPS) is 15.4. The summed E-state index contributed by atoms with van der Waals surface area (Å²) in [5.41, 5.74) is 14.5. The number of hydrazone groups is 1. The predicted molar refractivity (Wildman–Crippen MR) is 60.7 cm³/mol. The van der Waals surface area contributed by atoms with Crippen LogP contribution in [0.1, 0.15) is 5.82 Å². The second-order valence-corrected chi connectivity index (χ2v) is 3.51. The summed E-state index contributed by atoms with van der Waals surface area (Å²) in [6, 6.07) is 0. The maximum Gasteiger partial charge on any atom is 0.170 e. The van der Waals surface area contributed by atoms with E-state index in [0.29, 0.717) is 18.1 Å². The van der Waals surface area contributed by atoms with Crippen molar-refractivity contribution in [3.63, 3.8) is 0 Å². The minimum Gasteiger partial charge on any atom is -0.394 e. The molecule has 7 nitrogen and oxygen atoms in total. The molecule has 16 heavy (non-hydrogen) atoms. The van der Waals surface area contributed by atoms with Crippen molar-refractivity contribution < 1.29 is 0 Å². The summed E-state index contributed by atoms with van der Waals surface area (Å²) in [6.45, 7) is 3.42. The molecule has 1 aromatic heterocycles. The Hall–Kier alpha value is -2.18. The second kappa shape index (κ2) is 4.13. The first-order chi connectivity index (χ1) is 7.66. The van der Waals surface area contributed by atoms with Crippen LogP contribution in [-0.4, -0.2) is 27.0 Å². The smallest absolute Gasteiger partial charge is 0.170 e. The topological polar surface area (TPSA) is 97.5 Å². The Bertz CT molecular complexity index is 431. The molecule has 0 saturated carbocycles. The van der Waals surface area contributed by atoms with Gasteiger partial charge in [0.25, 0.3) is 0 Å². The zero-order chi connectivity index (χ0) is 11.5. The summed E-state index contributed by atoms with van der Waals surface area (Å²) in [6.07, 6.45) is 5.33. The molecule has 0 amide bonds. The van der Waals surface area contributed by atoms with Gasteiger partial charge in [0.2, 0.25) is 0 Å². The summed E-state index contributed by atoms with van der Waals surface area (Å²) in [5.74, 6) is 1.31. The summed E-state index contributed by atoms with van der Waals surface area (Å²) < 4.78 is 2.04. The third-order valence-electron chi connectivity index (χ3n) is 2.37. The van der Waals surface area contributed by atoms with Crippen molar-refractivity contribution in [2.75, 3.05) is 6.54 Å². The molecule has 1 aliphatic rings. The number of nitrogens with two attached hydrogens (primary N) is 2. The van der Waals surface area contributed by atoms with Crippen LogP contribution in [0.5, 0.6) is 0 Å². The van der Waals surface area contributed by atoms with Crippen molar-refractivity contribution in [2.24, 2.45) is 16.6 Å². The zero-order valence-corrected chi connectivity index (χ0v) is 9.09. The lowest BCUT2D eigenvalue weighted by molar-refractivity contribution is 0.217. The molecule has 0 unspecified atom stereocenters. The molecular formula is C9H15N7. The molecule has 0 radical (unpaired) electrons. The van der Waals surface area contributed by atoms with Crippen molar-refractivity contribution in [3.05, 3.63) is 30.1 Å². The van der Waals surface area contributed by atoms with Gasteiger partial charge in [-0.3, -0.25) is 5.43 Å². The van der Waals surface area contributed by atoms with Crippen molar-refractivity contribution >= 4 is 5.84 Å². The Morgan fingerprint density at radius 1 is 1.38 bits per heavy atom. The molecule has 1 aromatic rings. The van der Waals surface area contributed by atoms with Gasteiger partial charge in [-0.15, -0.1) is 5.10 Å². The molecular weight excluding hydrogens is 206 g/mol. The van der Waals surface area contributed by atoms with E-state index in [0.717, 1.165) is 12.4 Å². The number of amidine groups is 1. The zero-order valence-electron chi connectivity index (χ0n) is 9.09. The molecule has 2 heterocycles. The van der Waals surface area contributed by atoms with Crippen molar-refractivity contribution in [2.45, 2.75) is 13.5 Å². The number of nitrogens with zero attached hydrogens (tertiary/aromatic N) is 4. The number of hydrogen-bond acceptors (Lipinski definition) is 6. The molecule has 7 heteroatoms. The van der Waals surface area contributed by atoms with Gasteiger partial charge in [-0.05, 0) is 6.92 Å². The van der Waals surface area contributed by atoms with Gasteiger partial charge in [-0.2, -0.15) is 0 Å². The van der Waals surface area contributed by atoms with E-state index in [4.69, 9.17) is 11.5 Å². The first-order valence-corrected chi connectivity index (χ1v) is 4.98. The van der Waals surface area contributed by atoms with Crippen LogP contribution in [0.15, 0.2) is 29.4 Å². The van der Waals surface area contributed by atoms with Crippen LogP contribution < -0.4 is 16.9 Å². The first kappa shape index (κ1) is 10.3. The van der Waals surface area contributed by atoms with E-state index in [2.05, 4.69) is 15.5 Å². The average Bonchev–Trinajstić information content (AvgIpc) is 2.66. The number of imidazole rings is 1. The summed E-state index contributed by atoms with van der Waals surface area (Å²) >= 11 is 0. The molecule has 0 spiro atoms. The van der Waals surface area contributed by atoms with Gasteiger partial charge in [-0.25, -0.2) is 10.1 Å². The Kier molecular flexibility index (Phi) is 2.67. The van der Waals surface area contributed by atoms with Crippen LogP contribution in [0.25, 0.3) is 0 Å². The van der Waals surface area contributed by atoms with E-state index >= 15 is 0 Å². The van der Waals surface area contributed by atoms with Gasteiger partial charge in [0.1, 0.15) is 5.82 Å². The van der Waals surface area contributed by atoms with E-state index in [-0.39, 0.29) is 0 Å². The van der Waals surface area contributed by atoms with Crippen LogP contribution in [0, 0.1) is 6.92 Å². The Morgan fingerprint density at radius 3 is 2.81 bits per heavy atom. The fourth-order valence-electron chi connectivity index (χ4n) is 1.39. The van der Waals surface area contributed by atoms with E-state index in [1.54, 1.807) is 17.5 Å². The van der Waals surface area contributed by atoms with Crippen LogP contribution >= 0.6 is 0 Å². The minimum absolute atomic E-state index is 0.334. The van der Waals surface area contributed by atoms with E-state index in [1.807, 2.05) is 17.7 Å². The van der Waals surface area contributed by atoms with Crippen LogP contribution in [0.2, 0.25) is 0 Å². The summed E-state index contributed by atoms with van der Waals surface area (Å²) in [7, 11) is 0. The van der Waals surface area contributed by atoms with Crippen molar-refractivity contribution in [1.82, 2.24) is 20.1 Å². The molecule has 86 valence electrons. The van der Waals surface area contributed by atoms with Gasteiger partial charge >= 0.3 is 0 Å². The lowest BCUT2D eigenvalue weighted by Crippen LogP contribution is -2.40. The lowest BCUT2D eigenvalue weighted by Gasteiger charge is -2.23. The highest BCUT2D eigenvalue weighted by Crippen LogP contribution is 1.99. The molecule has 0 atom stereocenters. The Labute approximate surface area is 93.4 Å². The summed E-state index contributed by atoms with van der Waals surface area (Å²) in [4.78, 5) is 4.14. The highest BCUT2D eigenvalue weighted by molar-refractivity contribution is 5.96. The monoisotopic (exact) mass is 221 g/mol. The Balaban J connectivity index is 1.91. The van der Waals surface area contributed by atoms with Crippen molar-refractivity contribution in [1.29, 1.82) is 0 Å². The number of aromatic nitrogens is 2. The lowest BCUT2D eigenvalue weighted by atomic mass is 10.4. The largest absolute Gasteiger partial charge is 0.394 e. The van der Waals surface area contributed by atoms with Crippen molar-refractivity contribution in [3.8, 4) is 0 Å². The number of aryl methyl sites for hydroxylation is 1. The number of hydrogen-bond donors (Lipinski definition) is 3. The fraction of sp³-hybridized carbons (Fsp3) is 0.333. The third kappa shape index (κ3) is 2.08. The van der Waals surface area contributed by atoms with Gasteiger partial charge in [0.05, 0.1) is 12.2 Å². The highest BCUT2D eigenvalue weighted by atomic mass is 15.7. The molecule has 0 fully saturated rings. The van der Waals surface area contributed by atoms with E-state index in [9.17, 15) is 0 Å². The maximum absolute atomic E-state index is 5.60. The van der Waals surface area contributed by atoms with E-state index in [1.165, 1.54) is 0 Å². The van der Waals surface area contributed by atoms with Crippen LogP contribution in [0.4, 0.5) is 0 Å². The van der Waals surface area contributed by atoms with Crippen LogP contribution in [0.3, 0.4) is 0 Å². The Morgan fingerprint density at radius 2 is 2.19 bits per heavy atom. The molecule has 1 aliphatic heterocycles. The standard InChI is InChI=1S/C9H15N7/c1-7-12-2-3-15(7)4-5-16-13-6-8(10)9(11)14-16/h2-3,6,13H,4-5,10H2,1H3,(H2,11,14). The van der Waals surface area contributed by atoms with Gasteiger partial charge in [-0.1, -0.05) is 0 Å². The molecule has 0 aliphatic carbocycles. The first-order valence-electron chi connectivity index (χ1n) is 4.98. The van der Waals surface area contributed by atoms with Gasteiger partial charge in [0, 0.05) is 25.1 Å². The summed E-state index contributed by atoms with van der Waals surface area (Å²) in [5, 5.41) is 5.73. The fourth-order valence-corrected chi connectivity index (χ4v) is 1.39. The molecule has 2 rings (SSSR count). The highest BCUT2D eigenvalue weighted by Gasteiger charge is 2.09. The maximum atomic E-state index is 5.60.